The molecule has 2 aromatic carbocycles. The molecule has 1 aliphatic heterocycles. The van der Waals surface area contributed by atoms with Crippen LogP contribution in [-0.2, 0) is 6.54 Å². The van der Waals surface area contributed by atoms with E-state index in [1.54, 1.807) is 17.2 Å². The van der Waals surface area contributed by atoms with Crippen LogP contribution >= 0.6 is 0 Å². The average Bonchev–Trinajstić information content (AvgIpc) is 2.79. The van der Waals surface area contributed by atoms with Crippen molar-refractivity contribution in [2.45, 2.75) is 13.5 Å². The normalized spacial score (nSPS) is 12.6. The van der Waals surface area contributed by atoms with Crippen LogP contribution in [0, 0.1) is 12.7 Å². The molecular formula is C20H16FN3O. The molecule has 4 rings (SSSR count). The van der Waals surface area contributed by atoms with Crippen LogP contribution in [-0.4, -0.2) is 10.9 Å². The van der Waals surface area contributed by atoms with Gasteiger partial charge in [-0.25, -0.2) is 9.37 Å². The molecular weight excluding hydrogens is 317 g/mol. The maximum Gasteiger partial charge on any atom is 0.259 e. The number of rotatable bonds is 1. The predicted octanol–water partition coefficient (Wildman–Crippen LogP) is 4.43. The summed E-state index contributed by atoms with van der Waals surface area (Å²) in [6, 6.07) is 15.6. The van der Waals surface area contributed by atoms with Gasteiger partial charge in [0.2, 0.25) is 0 Å². The number of hydrogen-bond donors (Lipinski definition) is 1. The molecule has 0 bridgehead atoms. The summed E-state index contributed by atoms with van der Waals surface area (Å²) >= 11 is 0. The van der Waals surface area contributed by atoms with Crippen LogP contribution in [0.25, 0.3) is 0 Å². The highest BCUT2D eigenvalue weighted by Gasteiger charge is 2.26. The Hall–Kier alpha value is -3.21. The molecule has 0 saturated carbocycles. The largest absolute Gasteiger partial charge is 0.338 e. The van der Waals surface area contributed by atoms with Crippen molar-refractivity contribution in [3.8, 4) is 0 Å². The number of amides is 1. The summed E-state index contributed by atoms with van der Waals surface area (Å²) in [5.41, 5.74) is 3.55. The molecule has 1 aromatic heterocycles. The fourth-order valence-corrected chi connectivity index (χ4v) is 3.03. The van der Waals surface area contributed by atoms with E-state index in [4.69, 9.17) is 0 Å². The standard InChI is InChI=1S/C20H16FN3O/c1-13-8-9-15(21)11-16(13)20(25)24-12-14-5-4-10-22-19(14)23-17-6-2-3-7-18(17)24/h2-11H,12H2,1H3,(H,22,23). The van der Waals surface area contributed by atoms with Crippen molar-refractivity contribution in [1.82, 2.24) is 4.98 Å². The topological polar surface area (TPSA) is 45.2 Å². The summed E-state index contributed by atoms with van der Waals surface area (Å²) in [6.07, 6.45) is 1.71. The number of fused-ring (bicyclic) bond motifs is 2. The van der Waals surface area contributed by atoms with Gasteiger partial charge < -0.3 is 10.2 Å². The van der Waals surface area contributed by atoms with Crippen molar-refractivity contribution < 1.29 is 9.18 Å². The summed E-state index contributed by atoms with van der Waals surface area (Å²) in [6.45, 7) is 2.17. The minimum absolute atomic E-state index is 0.233. The van der Waals surface area contributed by atoms with Crippen LogP contribution in [0.15, 0.2) is 60.8 Å². The molecule has 0 atom stereocenters. The number of nitrogens with zero attached hydrogens (tertiary/aromatic N) is 2. The summed E-state index contributed by atoms with van der Waals surface area (Å²) in [4.78, 5) is 19.2. The molecule has 0 saturated heterocycles. The van der Waals surface area contributed by atoms with Crippen LogP contribution in [0.4, 0.5) is 21.6 Å². The summed E-state index contributed by atoms with van der Waals surface area (Å²) in [5.74, 6) is 0.0708. The number of anilines is 3. The molecule has 124 valence electrons. The maximum absolute atomic E-state index is 13.7. The van der Waals surface area contributed by atoms with Crippen LogP contribution in [0.3, 0.4) is 0 Å². The highest BCUT2D eigenvalue weighted by atomic mass is 19.1. The fourth-order valence-electron chi connectivity index (χ4n) is 3.03. The molecule has 0 spiro atoms. The molecule has 1 aliphatic rings. The van der Waals surface area contributed by atoms with Crippen LogP contribution < -0.4 is 10.2 Å². The number of aromatic nitrogens is 1. The number of halogens is 1. The Morgan fingerprint density at radius 2 is 2.00 bits per heavy atom. The third-order valence-corrected chi connectivity index (χ3v) is 4.34. The number of nitrogens with one attached hydrogen (secondary N) is 1. The molecule has 1 N–H and O–H groups in total. The number of benzene rings is 2. The second-order valence-electron chi connectivity index (χ2n) is 6.00. The van der Waals surface area contributed by atoms with Gasteiger partial charge in [0, 0.05) is 17.3 Å². The van der Waals surface area contributed by atoms with Crippen molar-refractivity contribution >= 4 is 23.1 Å². The second-order valence-corrected chi connectivity index (χ2v) is 6.00. The number of para-hydroxylation sites is 2. The van der Waals surface area contributed by atoms with Gasteiger partial charge in [-0.05, 0) is 42.8 Å². The molecule has 5 heteroatoms. The van der Waals surface area contributed by atoms with E-state index in [0.29, 0.717) is 12.1 Å². The first kappa shape index (κ1) is 15.3. The number of carbonyl (C=O) groups is 1. The average molecular weight is 333 g/mol. The number of aryl methyl sites for hydroxylation is 1. The zero-order valence-corrected chi connectivity index (χ0v) is 13.7. The highest BCUT2D eigenvalue weighted by molar-refractivity contribution is 6.09. The molecule has 2 heterocycles. The van der Waals surface area contributed by atoms with E-state index in [1.165, 1.54) is 12.1 Å². The Bertz CT molecular complexity index is 971. The number of carbonyl (C=O) groups excluding carboxylic acids is 1. The fraction of sp³-hybridized carbons (Fsp3) is 0.100. The van der Waals surface area contributed by atoms with Crippen molar-refractivity contribution in [3.63, 3.8) is 0 Å². The van der Waals surface area contributed by atoms with Crippen molar-refractivity contribution in [2.75, 3.05) is 10.2 Å². The lowest BCUT2D eigenvalue weighted by molar-refractivity contribution is 0.0984. The summed E-state index contributed by atoms with van der Waals surface area (Å²) in [7, 11) is 0. The van der Waals surface area contributed by atoms with E-state index in [9.17, 15) is 9.18 Å². The monoisotopic (exact) mass is 333 g/mol. The zero-order chi connectivity index (χ0) is 17.4. The van der Waals surface area contributed by atoms with E-state index in [1.807, 2.05) is 43.3 Å². The minimum Gasteiger partial charge on any atom is -0.338 e. The Balaban J connectivity index is 1.85. The quantitative estimate of drug-likeness (QED) is 0.716. The lowest BCUT2D eigenvalue weighted by Gasteiger charge is -2.23. The van der Waals surface area contributed by atoms with E-state index in [0.717, 1.165) is 28.3 Å². The molecule has 0 unspecified atom stereocenters. The lowest BCUT2D eigenvalue weighted by Crippen LogP contribution is -2.30. The van der Waals surface area contributed by atoms with Crippen LogP contribution in [0.1, 0.15) is 21.5 Å². The van der Waals surface area contributed by atoms with Gasteiger partial charge in [0.05, 0.1) is 17.9 Å². The van der Waals surface area contributed by atoms with Gasteiger partial charge in [0.15, 0.2) is 0 Å². The van der Waals surface area contributed by atoms with Crippen LogP contribution in [0.2, 0.25) is 0 Å². The van der Waals surface area contributed by atoms with Crippen molar-refractivity contribution in [3.05, 3.63) is 83.3 Å². The van der Waals surface area contributed by atoms with E-state index in [-0.39, 0.29) is 5.91 Å². The Morgan fingerprint density at radius 3 is 2.88 bits per heavy atom. The molecule has 3 aromatic rings. The van der Waals surface area contributed by atoms with Crippen molar-refractivity contribution in [1.29, 1.82) is 0 Å². The van der Waals surface area contributed by atoms with Crippen LogP contribution in [0.5, 0.6) is 0 Å². The number of pyridine rings is 1. The first-order valence-electron chi connectivity index (χ1n) is 8.01. The molecule has 0 aliphatic carbocycles. The second kappa shape index (κ2) is 6.02. The van der Waals surface area contributed by atoms with E-state index in [2.05, 4.69) is 10.3 Å². The smallest absolute Gasteiger partial charge is 0.259 e. The Morgan fingerprint density at radius 1 is 1.16 bits per heavy atom. The van der Waals surface area contributed by atoms with Gasteiger partial charge >= 0.3 is 0 Å². The lowest BCUT2D eigenvalue weighted by atomic mass is 10.1. The molecule has 0 fully saturated rings. The Kier molecular flexibility index (Phi) is 3.69. The molecule has 4 nitrogen and oxygen atoms in total. The summed E-state index contributed by atoms with van der Waals surface area (Å²) in [5, 5.41) is 3.29. The Labute approximate surface area is 144 Å². The molecule has 25 heavy (non-hydrogen) atoms. The number of hydrogen-bond acceptors (Lipinski definition) is 3. The van der Waals surface area contributed by atoms with Gasteiger partial charge in [-0.1, -0.05) is 24.3 Å². The predicted molar refractivity (Wildman–Crippen MR) is 95.6 cm³/mol. The minimum atomic E-state index is -0.419. The molecule has 1 amide bonds. The third-order valence-electron chi connectivity index (χ3n) is 4.34. The molecule has 0 radical (unpaired) electrons. The van der Waals surface area contributed by atoms with Gasteiger partial charge in [-0.15, -0.1) is 0 Å². The van der Waals surface area contributed by atoms with Gasteiger partial charge in [-0.2, -0.15) is 0 Å². The first-order chi connectivity index (χ1) is 12.1. The van der Waals surface area contributed by atoms with Gasteiger partial charge in [0.1, 0.15) is 11.6 Å². The zero-order valence-electron chi connectivity index (χ0n) is 13.7. The van der Waals surface area contributed by atoms with Crippen molar-refractivity contribution in [2.24, 2.45) is 0 Å². The summed E-state index contributed by atoms with van der Waals surface area (Å²) < 4.78 is 13.7. The SMILES string of the molecule is Cc1ccc(F)cc1C(=O)N1Cc2cccnc2Nc2ccccc21. The third kappa shape index (κ3) is 2.74. The highest BCUT2D eigenvalue weighted by Crippen LogP contribution is 2.35. The maximum atomic E-state index is 13.7. The van der Waals surface area contributed by atoms with Gasteiger partial charge in [0.25, 0.3) is 5.91 Å². The van der Waals surface area contributed by atoms with Gasteiger partial charge in [-0.3, -0.25) is 4.79 Å². The first-order valence-corrected chi connectivity index (χ1v) is 8.01. The van der Waals surface area contributed by atoms with E-state index < -0.39 is 5.82 Å². The van der Waals surface area contributed by atoms with E-state index >= 15 is 0 Å².